The van der Waals surface area contributed by atoms with Gasteiger partial charge in [-0.3, -0.25) is 4.79 Å². The van der Waals surface area contributed by atoms with Crippen LogP contribution in [-0.4, -0.2) is 55.7 Å². The molecule has 1 fully saturated rings. The Hall–Kier alpha value is -1.82. The molecule has 0 saturated carbocycles. The van der Waals surface area contributed by atoms with Crippen LogP contribution < -0.4 is 10.6 Å². The van der Waals surface area contributed by atoms with Crippen LogP contribution in [0.25, 0.3) is 0 Å². The highest BCUT2D eigenvalue weighted by Gasteiger charge is 2.15. The van der Waals surface area contributed by atoms with Crippen LogP contribution in [0.15, 0.2) is 18.2 Å². The maximum absolute atomic E-state index is 11.9. The number of morpholine rings is 1. The first-order valence-electron chi connectivity index (χ1n) is 6.54. The Morgan fingerprint density at radius 1 is 1.37 bits per heavy atom. The second-order valence-electron chi connectivity index (χ2n) is 4.33. The number of rotatable bonds is 5. The van der Waals surface area contributed by atoms with Crippen LogP contribution in [0.4, 0.5) is 11.6 Å². The van der Waals surface area contributed by atoms with Gasteiger partial charge >= 0.3 is 0 Å². The molecule has 1 aromatic heterocycles. The van der Waals surface area contributed by atoms with Gasteiger partial charge in [0.1, 0.15) is 11.6 Å². The SMILES string of the molecule is CNc1cccc(NCCC(=O)N2CCOCC2)n1. The monoisotopic (exact) mass is 264 g/mol. The Bertz CT molecular complexity index is 419. The normalized spacial score (nSPS) is 15.1. The highest BCUT2D eigenvalue weighted by molar-refractivity contribution is 5.76. The van der Waals surface area contributed by atoms with E-state index in [9.17, 15) is 4.79 Å². The lowest BCUT2D eigenvalue weighted by molar-refractivity contribution is -0.134. The van der Waals surface area contributed by atoms with Crippen molar-refractivity contribution in [2.24, 2.45) is 0 Å². The zero-order chi connectivity index (χ0) is 13.5. The number of carbonyl (C=O) groups excluding carboxylic acids is 1. The predicted octanol–water partition coefficient (Wildman–Crippen LogP) is 0.784. The first-order chi connectivity index (χ1) is 9.29. The van der Waals surface area contributed by atoms with Gasteiger partial charge in [0, 0.05) is 33.1 Å². The molecular weight excluding hydrogens is 244 g/mol. The summed E-state index contributed by atoms with van der Waals surface area (Å²) in [4.78, 5) is 18.1. The van der Waals surface area contributed by atoms with Crippen molar-refractivity contribution in [3.8, 4) is 0 Å². The van der Waals surface area contributed by atoms with Gasteiger partial charge in [0.25, 0.3) is 0 Å². The molecule has 6 nitrogen and oxygen atoms in total. The Kier molecular flexibility index (Phi) is 4.97. The standard InChI is InChI=1S/C13H20N4O2/c1-14-11-3-2-4-12(16-11)15-6-5-13(18)17-7-9-19-10-8-17/h2-4H,5-10H2,1H3,(H2,14,15,16). The minimum atomic E-state index is 0.167. The van der Waals surface area contributed by atoms with Gasteiger partial charge in [0.05, 0.1) is 13.2 Å². The van der Waals surface area contributed by atoms with E-state index in [1.807, 2.05) is 30.1 Å². The smallest absolute Gasteiger partial charge is 0.224 e. The zero-order valence-electron chi connectivity index (χ0n) is 11.2. The minimum Gasteiger partial charge on any atom is -0.378 e. The Balaban J connectivity index is 1.74. The fourth-order valence-electron chi connectivity index (χ4n) is 1.94. The molecule has 2 rings (SSSR count). The van der Waals surface area contributed by atoms with Crippen molar-refractivity contribution in [3.63, 3.8) is 0 Å². The number of anilines is 2. The van der Waals surface area contributed by atoms with Crippen molar-refractivity contribution in [1.29, 1.82) is 0 Å². The Labute approximate surface area is 113 Å². The zero-order valence-corrected chi connectivity index (χ0v) is 11.2. The molecular formula is C13H20N4O2. The molecule has 1 aliphatic heterocycles. The van der Waals surface area contributed by atoms with Gasteiger partial charge in [-0.05, 0) is 12.1 Å². The second kappa shape index (κ2) is 6.94. The number of aromatic nitrogens is 1. The molecule has 6 heteroatoms. The van der Waals surface area contributed by atoms with E-state index >= 15 is 0 Å². The molecule has 1 saturated heterocycles. The van der Waals surface area contributed by atoms with Crippen LogP contribution in [-0.2, 0) is 9.53 Å². The molecule has 0 unspecified atom stereocenters. The summed E-state index contributed by atoms with van der Waals surface area (Å²) < 4.78 is 5.22. The lowest BCUT2D eigenvalue weighted by Gasteiger charge is -2.26. The number of nitrogens with zero attached hydrogens (tertiary/aromatic N) is 2. The number of hydrogen-bond acceptors (Lipinski definition) is 5. The molecule has 0 aromatic carbocycles. The molecule has 19 heavy (non-hydrogen) atoms. The quantitative estimate of drug-likeness (QED) is 0.823. The van der Waals surface area contributed by atoms with E-state index < -0.39 is 0 Å². The van der Waals surface area contributed by atoms with E-state index in [0.717, 1.165) is 11.6 Å². The lowest BCUT2D eigenvalue weighted by atomic mass is 10.3. The number of carbonyl (C=O) groups is 1. The Morgan fingerprint density at radius 2 is 2.11 bits per heavy atom. The molecule has 0 spiro atoms. The molecule has 0 atom stereocenters. The van der Waals surface area contributed by atoms with Crippen LogP contribution in [0, 0.1) is 0 Å². The van der Waals surface area contributed by atoms with Gasteiger partial charge in [-0.15, -0.1) is 0 Å². The summed E-state index contributed by atoms with van der Waals surface area (Å²) in [5, 5.41) is 6.14. The van der Waals surface area contributed by atoms with Crippen molar-refractivity contribution in [1.82, 2.24) is 9.88 Å². The largest absolute Gasteiger partial charge is 0.378 e. The summed E-state index contributed by atoms with van der Waals surface area (Å²) >= 11 is 0. The van der Waals surface area contributed by atoms with E-state index in [1.165, 1.54) is 0 Å². The topological polar surface area (TPSA) is 66.5 Å². The minimum absolute atomic E-state index is 0.167. The number of nitrogens with one attached hydrogen (secondary N) is 2. The summed E-state index contributed by atoms with van der Waals surface area (Å²) in [6.45, 7) is 3.28. The van der Waals surface area contributed by atoms with Crippen LogP contribution in [0.2, 0.25) is 0 Å². The van der Waals surface area contributed by atoms with E-state index in [0.29, 0.717) is 39.3 Å². The molecule has 0 bridgehead atoms. The van der Waals surface area contributed by atoms with Gasteiger partial charge in [-0.25, -0.2) is 4.98 Å². The summed E-state index contributed by atoms with van der Waals surface area (Å²) in [5.74, 6) is 1.76. The van der Waals surface area contributed by atoms with Crippen molar-refractivity contribution in [3.05, 3.63) is 18.2 Å². The molecule has 1 aliphatic rings. The molecule has 1 aromatic rings. The van der Waals surface area contributed by atoms with Crippen molar-refractivity contribution < 1.29 is 9.53 Å². The first-order valence-corrected chi connectivity index (χ1v) is 6.54. The van der Waals surface area contributed by atoms with E-state index in [-0.39, 0.29) is 5.91 Å². The molecule has 2 N–H and O–H groups in total. The second-order valence-corrected chi connectivity index (χ2v) is 4.33. The molecule has 0 aliphatic carbocycles. The summed E-state index contributed by atoms with van der Waals surface area (Å²) in [6.07, 6.45) is 0.478. The van der Waals surface area contributed by atoms with E-state index in [4.69, 9.17) is 4.74 Å². The third-order valence-corrected chi connectivity index (χ3v) is 3.01. The predicted molar refractivity (Wildman–Crippen MR) is 74.3 cm³/mol. The summed E-state index contributed by atoms with van der Waals surface area (Å²) in [5.41, 5.74) is 0. The number of pyridine rings is 1. The van der Waals surface area contributed by atoms with Crippen molar-refractivity contribution in [2.75, 3.05) is 50.5 Å². The highest BCUT2D eigenvalue weighted by atomic mass is 16.5. The lowest BCUT2D eigenvalue weighted by Crippen LogP contribution is -2.41. The third kappa shape index (κ3) is 4.10. The molecule has 2 heterocycles. The van der Waals surface area contributed by atoms with Crippen LogP contribution in [0.3, 0.4) is 0 Å². The van der Waals surface area contributed by atoms with Crippen molar-refractivity contribution in [2.45, 2.75) is 6.42 Å². The summed E-state index contributed by atoms with van der Waals surface area (Å²) in [6, 6.07) is 5.70. The molecule has 0 radical (unpaired) electrons. The van der Waals surface area contributed by atoms with Crippen LogP contribution >= 0.6 is 0 Å². The fraction of sp³-hybridized carbons (Fsp3) is 0.538. The molecule has 1 amide bonds. The van der Waals surface area contributed by atoms with Gasteiger partial charge < -0.3 is 20.3 Å². The number of amides is 1. The Morgan fingerprint density at radius 3 is 2.84 bits per heavy atom. The van der Waals surface area contributed by atoms with Crippen LogP contribution in [0.5, 0.6) is 0 Å². The average molecular weight is 264 g/mol. The first kappa shape index (κ1) is 13.6. The van der Waals surface area contributed by atoms with E-state index in [2.05, 4.69) is 15.6 Å². The number of ether oxygens (including phenoxy) is 1. The fourth-order valence-corrected chi connectivity index (χ4v) is 1.94. The highest BCUT2D eigenvalue weighted by Crippen LogP contribution is 2.08. The number of hydrogen-bond donors (Lipinski definition) is 2. The van der Waals surface area contributed by atoms with Gasteiger partial charge in [-0.1, -0.05) is 6.07 Å². The van der Waals surface area contributed by atoms with Crippen molar-refractivity contribution >= 4 is 17.5 Å². The van der Waals surface area contributed by atoms with Gasteiger partial charge in [0.2, 0.25) is 5.91 Å². The van der Waals surface area contributed by atoms with Crippen LogP contribution in [0.1, 0.15) is 6.42 Å². The van der Waals surface area contributed by atoms with Gasteiger partial charge in [-0.2, -0.15) is 0 Å². The maximum atomic E-state index is 11.9. The average Bonchev–Trinajstić information content (AvgIpc) is 2.48. The maximum Gasteiger partial charge on any atom is 0.224 e. The summed E-state index contributed by atoms with van der Waals surface area (Å²) in [7, 11) is 1.83. The van der Waals surface area contributed by atoms with E-state index in [1.54, 1.807) is 0 Å². The van der Waals surface area contributed by atoms with Gasteiger partial charge in [0.15, 0.2) is 0 Å². The third-order valence-electron chi connectivity index (χ3n) is 3.01. The molecule has 104 valence electrons.